The fraction of sp³-hybridized carbons (Fsp3) is 0.986. The SMILES string of the molecule is CCCCCCCCCCCCCCCCCCCCCCCCCCCCCCCCCC(=O)NC(COC1OC(CO)C(O)C(O)C1O)C(O)CCCCCCCCCCCCCCCCCCCCCCCCCCCCCCC. The molecule has 1 heterocycles. The highest BCUT2D eigenvalue weighted by Gasteiger charge is 2.44. The molecular formula is C74H147NO8. The van der Waals surface area contributed by atoms with Crippen LogP contribution in [0.2, 0.25) is 0 Å². The lowest BCUT2D eigenvalue weighted by Gasteiger charge is -2.40. The van der Waals surface area contributed by atoms with E-state index in [4.69, 9.17) is 9.47 Å². The molecule has 496 valence electrons. The number of rotatable bonds is 68. The second-order valence-electron chi connectivity index (χ2n) is 26.8. The third-order valence-corrected chi connectivity index (χ3v) is 18.7. The summed E-state index contributed by atoms with van der Waals surface area (Å²) in [6.45, 7) is 3.92. The number of hydrogen-bond donors (Lipinski definition) is 6. The summed E-state index contributed by atoms with van der Waals surface area (Å²) >= 11 is 0. The van der Waals surface area contributed by atoms with Gasteiger partial charge < -0.3 is 40.3 Å². The molecule has 0 radical (unpaired) electrons. The van der Waals surface area contributed by atoms with Crippen molar-refractivity contribution in [1.82, 2.24) is 5.32 Å². The molecule has 1 aliphatic heterocycles. The predicted octanol–water partition coefficient (Wildman–Crippen LogP) is 20.9. The van der Waals surface area contributed by atoms with Crippen LogP contribution in [0.5, 0.6) is 0 Å². The number of carbonyl (C=O) groups is 1. The Hall–Kier alpha value is -0.810. The lowest BCUT2D eigenvalue weighted by molar-refractivity contribution is -0.302. The Morgan fingerprint density at radius 3 is 0.855 bits per heavy atom. The maximum absolute atomic E-state index is 13.2. The van der Waals surface area contributed by atoms with Gasteiger partial charge in [-0.2, -0.15) is 0 Å². The largest absolute Gasteiger partial charge is 0.394 e. The molecule has 7 atom stereocenters. The van der Waals surface area contributed by atoms with E-state index in [1.54, 1.807) is 0 Å². The second kappa shape index (κ2) is 64.2. The van der Waals surface area contributed by atoms with Crippen molar-refractivity contribution in [3.8, 4) is 0 Å². The molecule has 0 aromatic heterocycles. The van der Waals surface area contributed by atoms with E-state index < -0.39 is 49.5 Å². The number of ether oxygens (including phenoxy) is 2. The van der Waals surface area contributed by atoms with Crippen LogP contribution in [0.15, 0.2) is 0 Å². The lowest BCUT2D eigenvalue weighted by atomic mass is 9.99. The van der Waals surface area contributed by atoms with Crippen LogP contribution in [-0.4, -0.2) is 87.5 Å². The summed E-state index contributed by atoms with van der Waals surface area (Å²) in [5.74, 6) is -0.132. The summed E-state index contributed by atoms with van der Waals surface area (Å²) in [5.41, 5.74) is 0. The first-order valence-corrected chi connectivity index (χ1v) is 37.7. The second-order valence-corrected chi connectivity index (χ2v) is 26.8. The number of nitrogens with one attached hydrogen (secondary N) is 1. The molecule has 6 N–H and O–H groups in total. The molecule has 0 aromatic carbocycles. The van der Waals surface area contributed by atoms with Gasteiger partial charge in [-0.3, -0.25) is 4.79 Å². The molecule has 1 fully saturated rings. The number of unbranched alkanes of at least 4 members (excludes halogenated alkanes) is 58. The summed E-state index contributed by atoms with van der Waals surface area (Å²) < 4.78 is 11.4. The average molecular weight is 1180 g/mol. The van der Waals surface area contributed by atoms with E-state index in [9.17, 15) is 30.3 Å². The summed E-state index contributed by atoms with van der Waals surface area (Å²) in [4.78, 5) is 13.2. The van der Waals surface area contributed by atoms with E-state index in [-0.39, 0.29) is 12.5 Å². The number of aliphatic hydroxyl groups is 5. The minimum absolute atomic E-state index is 0.130. The Morgan fingerprint density at radius 2 is 0.602 bits per heavy atom. The van der Waals surface area contributed by atoms with Crippen molar-refractivity contribution in [3.63, 3.8) is 0 Å². The van der Waals surface area contributed by atoms with Gasteiger partial charge in [0.25, 0.3) is 0 Å². The number of hydrogen-bond acceptors (Lipinski definition) is 8. The van der Waals surface area contributed by atoms with E-state index in [1.807, 2.05) is 0 Å². The average Bonchev–Trinajstić information content (AvgIpc) is 3.61. The van der Waals surface area contributed by atoms with Crippen LogP contribution in [0.25, 0.3) is 0 Å². The van der Waals surface area contributed by atoms with Gasteiger partial charge in [0.15, 0.2) is 6.29 Å². The van der Waals surface area contributed by atoms with Crippen LogP contribution in [0, 0.1) is 0 Å². The minimum Gasteiger partial charge on any atom is -0.394 e. The number of carbonyl (C=O) groups excluding carboxylic acids is 1. The van der Waals surface area contributed by atoms with Gasteiger partial charge >= 0.3 is 0 Å². The molecule has 0 saturated carbocycles. The summed E-state index contributed by atoms with van der Waals surface area (Å²) in [6.07, 6.45) is 74.8. The molecule has 0 bridgehead atoms. The first-order valence-electron chi connectivity index (χ1n) is 37.7. The van der Waals surface area contributed by atoms with E-state index in [2.05, 4.69) is 19.2 Å². The first kappa shape index (κ1) is 80.2. The smallest absolute Gasteiger partial charge is 0.220 e. The van der Waals surface area contributed by atoms with Crippen molar-refractivity contribution in [2.75, 3.05) is 13.2 Å². The van der Waals surface area contributed by atoms with Crippen LogP contribution in [-0.2, 0) is 14.3 Å². The molecule has 1 amide bonds. The van der Waals surface area contributed by atoms with Crippen molar-refractivity contribution in [2.24, 2.45) is 0 Å². The fourth-order valence-corrected chi connectivity index (χ4v) is 12.8. The number of aliphatic hydroxyl groups excluding tert-OH is 5. The van der Waals surface area contributed by atoms with Gasteiger partial charge in [-0.15, -0.1) is 0 Å². The Balaban J connectivity index is 2.06. The third-order valence-electron chi connectivity index (χ3n) is 18.7. The highest BCUT2D eigenvalue weighted by Crippen LogP contribution is 2.24. The van der Waals surface area contributed by atoms with E-state index in [1.165, 1.54) is 347 Å². The Bertz CT molecular complexity index is 1270. The van der Waals surface area contributed by atoms with Gasteiger partial charge in [-0.05, 0) is 12.8 Å². The van der Waals surface area contributed by atoms with Crippen LogP contribution in [0.3, 0.4) is 0 Å². The van der Waals surface area contributed by atoms with E-state index in [0.29, 0.717) is 12.8 Å². The molecule has 9 nitrogen and oxygen atoms in total. The van der Waals surface area contributed by atoms with Gasteiger partial charge in [0.05, 0.1) is 25.4 Å². The van der Waals surface area contributed by atoms with Crippen molar-refractivity contribution < 1.29 is 39.8 Å². The topological polar surface area (TPSA) is 149 Å². The maximum Gasteiger partial charge on any atom is 0.220 e. The fourth-order valence-electron chi connectivity index (χ4n) is 12.8. The molecule has 1 aliphatic rings. The molecular weight excluding hydrogens is 1030 g/mol. The lowest BCUT2D eigenvalue weighted by Crippen LogP contribution is -2.60. The minimum atomic E-state index is -1.55. The summed E-state index contributed by atoms with van der Waals surface area (Å²) in [5, 5.41) is 55.0. The van der Waals surface area contributed by atoms with Crippen molar-refractivity contribution >= 4 is 5.91 Å². The van der Waals surface area contributed by atoms with E-state index >= 15 is 0 Å². The molecule has 1 rings (SSSR count). The summed E-state index contributed by atoms with van der Waals surface area (Å²) in [7, 11) is 0. The molecule has 83 heavy (non-hydrogen) atoms. The summed E-state index contributed by atoms with van der Waals surface area (Å²) in [6, 6.07) is -0.716. The zero-order valence-corrected chi connectivity index (χ0v) is 55.8. The molecule has 7 unspecified atom stereocenters. The molecule has 9 heteroatoms. The zero-order chi connectivity index (χ0) is 60.0. The van der Waals surface area contributed by atoms with Crippen molar-refractivity contribution in [1.29, 1.82) is 0 Å². The van der Waals surface area contributed by atoms with Crippen molar-refractivity contribution in [2.45, 2.75) is 455 Å². The third kappa shape index (κ3) is 52.8. The molecule has 0 aromatic rings. The van der Waals surface area contributed by atoms with Crippen LogP contribution in [0.4, 0.5) is 0 Å². The Morgan fingerprint density at radius 1 is 0.361 bits per heavy atom. The van der Waals surface area contributed by atoms with E-state index in [0.717, 1.165) is 38.5 Å². The van der Waals surface area contributed by atoms with Gasteiger partial charge in [0, 0.05) is 6.42 Å². The number of amides is 1. The van der Waals surface area contributed by atoms with Gasteiger partial charge in [0.1, 0.15) is 24.4 Å². The quantitative estimate of drug-likeness (QED) is 0.0330. The zero-order valence-electron chi connectivity index (χ0n) is 55.8. The molecule has 0 spiro atoms. The van der Waals surface area contributed by atoms with Crippen LogP contribution < -0.4 is 5.32 Å². The Labute approximate surface area is 516 Å². The van der Waals surface area contributed by atoms with Crippen LogP contribution >= 0.6 is 0 Å². The molecule has 1 saturated heterocycles. The highest BCUT2D eigenvalue weighted by molar-refractivity contribution is 5.76. The monoisotopic (exact) mass is 1180 g/mol. The maximum atomic E-state index is 13.2. The Kier molecular flexibility index (Phi) is 62.0. The predicted molar refractivity (Wildman–Crippen MR) is 355 cm³/mol. The van der Waals surface area contributed by atoms with Crippen molar-refractivity contribution in [3.05, 3.63) is 0 Å². The normalized spacial score (nSPS) is 18.1. The first-order chi connectivity index (χ1) is 40.8. The van der Waals surface area contributed by atoms with Gasteiger partial charge in [0.2, 0.25) is 5.91 Å². The standard InChI is InChI=1S/C74H147NO8/c1-3-5-7-9-11-13-15-17-19-21-23-25-27-29-31-33-34-36-38-40-42-44-46-48-50-52-54-56-58-60-62-64-70(78)75-67(66-82-74-73(81)72(80)71(79)69(65-76)83-74)68(77)63-61-59-57-55-53-51-49-47-45-43-41-39-37-35-32-30-28-26-24-22-20-18-16-14-12-10-8-6-4-2/h67-69,71-74,76-77,79-81H,3-66H2,1-2H3,(H,75,78). The highest BCUT2D eigenvalue weighted by atomic mass is 16.7. The van der Waals surface area contributed by atoms with Gasteiger partial charge in [-0.25, -0.2) is 0 Å². The van der Waals surface area contributed by atoms with Crippen LogP contribution in [0.1, 0.15) is 412 Å². The molecule has 0 aliphatic carbocycles. The van der Waals surface area contributed by atoms with Gasteiger partial charge in [-0.1, -0.05) is 393 Å².